The van der Waals surface area contributed by atoms with E-state index in [1.54, 1.807) is 23.5 Å². The molecule has 0 saturated heterocycles. The molecule has 0 fully saturated rings. The lowest BCUT2D eigenvalue weighted by molar-refractivity contribution is 0.1000. The van der Waals surface area contributed by atoms with Gasteiger partial charge < -0.3 is 10.5 Å². The molecule has 4 rings (SSSR count). The van der Waals surface area contributed by atoms with Gasteiger partial charge in [-0.3, -0.25) is 9.69 Å². The fourth-order valence-corrected chi connectivity index (χ4v) is 3.87. The van der Waals surface area contributed by atoms with Gasteiger partial charge in [0.15, 0.2) is 0 Å². The molecular weight excluding hydrogens is 346 g/mol. The van der Waals surface area contributed by atoms with E-state index in [4.69, 9.17) is 10.5 Å². The Morgan fingerprint density at radius 3 is 2.88 bits per heavy atom. The van der Waals surface area contributed by atoms with Crippen molar-refractivity contribution < 1.29 is 9.53 Å². The lowest BCUT2D eigenvalue weighted by atomic mass is 9.99. The summed E-state index contributed by atoms with van der Waals surface area (Å²) in [6, 6.07) is 13.7. The molecule has 0 atom stereocenters. The molecule has 132 valence electrons. The van der Waals surface area contributed by atoms with Crippen molar-refractivity contribution in [1.29, 1.82) is 0 Å². The van der Waals surface area contributed by atoms with Crippen molar-refractivity contribution in [3.05, 3.63) is 75.6 Å². The maximum atomic E-state index is 11.1. The molecule has 26 heavy (non-hydrogen) atoms. The Labute approximate surface area is 156 Å². The second-order valence-corrected chi connectivity index (χ2v) is 7.35. The largest absolute Gasteiger partial charge is 0.439 e. The van der Waals surface area contributed by atoms with Crippen molar-refractivity contribution in [2.24, 2.45) is 5.73 Å². The first-order chi connectivity index (χ1) is 12.7. The number of rotatable bonds is 5. The lowest BCUT2D eigenvalue weighted by Crippen LogP contribution is -2.29. The van der Waals surface area contributed by atoms with Crippen LogP contribution in [0.3, 0.4) is 0 Å². The maximum Gasteiger partial charge on any atom is 0.250 e. The average molecular weight is 365 g/mol. The molecule has 0 saturated carbocycles. The quantitative estimate of drug-likeness (QED) is 0.750. The van der Waals surface area contributed by atoms with Crippen LogP contribution in [0.1, 0.15) is 26.4 Å². The van der Waals surface area contributed by atoms with Gasteiger partial charge in [0.05, 0.1) is 5.56 Å². The molecule has 3 aromatic rings. The number of nitrogens with zero attached hydrogens (tertiary/aromatic N) is 2. The standard InChI is InChI=1S/C20H19N3O2S/c21-20(24)15-4-6-19(22-11-15)25-17-5-3-14-7-8-23(12-16(14)10-17)13-18-2-1-9-26-18/h1-6,9-11H,7-8,12-13H2,(H2,21,24). The molecule has 1 amide bonds. The van der Waals surface area contributed by atoms with E-state index in [1.807, 2.05) is 6.07 Å². The van der Waals surface area contributed by atoms with Gasteiger partial charge in [-0.1, -0.05) is 12.1 Å². The van der Waals surface area contributed by atoms with Crippen LogP contribution in [-0.4, -0.2) is 22.3 Å². The summed E-state index contributed by atoms with van der Waals surface area (Å²) in [6.45, 7) is 2.97. The molecule has 0 radical (unpaired) electrons. The fraction of sp³-hybridized carbons (Fsp3) is 0.200. The minimum atomic E-state index is -0.497. The molecule has 1 aromatic carbocycles. The van der Waals surface area contributed by atoms with Gasteiger partial charge in [-0.25, -0.2) is 4.98 Å². The van der Waals surface area contributed by atoms with Crippen LogP contribution in [0.15, 0.2) is 54.0 Å². The molecule has 1 aliphatic rings. The molecule has 0 aliphatic carbocycles. The van der Waals surface area contributed by atoms with Crippen molar-refractivity contribution in [1.82, 2.24) is 9.88 Å². The lowest BCUT2D eigenvalue weighted by Gasteiger charge is -2.28. The van der Waals surface area contributed by atoms with E-state index >= 15 is 0 Å². The van der Waals surface area contributed by atoms with Crippen LogP contribution in [-0.2, 0) is 19.5 Å². The number of benzene rings is 1. The Hall–Kier alpha value is -2.70. The molecular formula is C20H19N3O2S. The van der Waals surface area contributed by atoms with Crippen LogP contribution in [0.25, 0.3) is 0 Å². The number of primary amides is 1. The van der Waals surface area contributed by atoms with Gasteiger partial charge in [0, 0.05) is 36.8 Å². The highest BCUT2D eigenvalue weighted by Gasteiger charge is 2.17. The summed E-state index contributed by atoms with van der Waals surface area (Å²) in [5.74, 6) is 0.700. The van der Waals surface area contributed by atoms with Gasteiger partial charge in [0.1, 0.15) is 5.75 Å². The predicted molar refractivity (Wildman–Crippen MR) is 101 cm³/mol. The fourth-order valence-electron chi connectivity index (χ4n) is 3.12. The molecule has 2 aromatic heterocycles. The number of aromatic nitrogens is 1. The number of hydrogen-bond acceptors (Lipinski definition) is 5. The highest BCUT2D eigenvalue weighted by atomic mass is 32.1. The monoisotopic (exact) mass is 365 g/mol. The summed E-state index contributed by atoms with van der Waals surface area (Å²) >= 11 is 1.80. The van der Waals surface area contributed by atoms with Crippen molar-refractivity contribution in [2.75, 3.05) is 6.54 Å². The number of pyridine rings is 1. The number of fused-ring (bicyclic) bond motifs is 1. The molecule has 0 bridgehead atoms. The van der Waals surface area contributed by atoms with Crippen LogP contribution >= 0.6 is 11.3 Å². The molecule has 2 N–H and O–H groups in total. The maximum absolute atomic E-state index is 11.1. The molecule has 3 heterocycles. The van der Waals surface area contributed by atoms with Gasteiger partial charge in [-0.2, -0.15) is 0 Å². The summed E-state index contributed by atoms with van der Waals surface area (Å²) in [5.41, 5.74) is 8.26. The highest BCUT2D eigenvalue weighted by molar-refractivity contribution is 7.09. The van der Waals surface area contributed by atoms with E-state index in [-0.39, 0.29) is 0 Å². The molecule has 0 spiro atoms. The number of thiophene rings is 1. The molecule has 6 heteroatoms. The van der Waals surface area contributed by atoms with E-state index in [9.17, 15) is 4.79 Å². The number of carbonyl (C=O) groups excluding carboxylic acids is 1. The minimum absolute atomic E-state index is 0.368. The van der Waals surface area contributed by atoms with Gasteiger partial charge in [0.25, 0.3) is 0 Å². The first-order valence-corrected chi connectivity index (χ1v) is 9.35. The van der Waals surface area contributed by atoms with Gasteiger partial charge >= 0.3 is 0 Å². The molecule has 1 aliphatic heterocycles. The topological polar surface area (TPSA) is 68.5 Å². The average Bonchev–Trinajstić information content (AvgIpc) is 3.15. The van der Waals surface area contributed by atoms with Crippen molar-refractivity contribution in [3.63, 3.8) is 0 Å². The number of ether oxygens (including phenoxy) is 1. The third-order valence-corrected chi connectivity index (χ3v) is 5.33. The van der Waals surface area contributed by atoms with Gasteiger partial charge in [0.2, 0.25) is 11.8 Å². The zero-order valence-corrected chi connectivity index (χ0v) is 15.0. The van der Waals surface area contributed by atoms with E-state index in [1.165, 1.54) is 22.2 Å². The molecule has 5 nitrogen and oxygen atoms in total. The number of nitrogens with two attached hydrogens (primary N) is 1. The summed E-state index contributed by atoms with van der Waals surface area (Å²) in [7, 11) is 0. The van der Waals surface area contributed by atoms with E-state index in [0.29, 0.717) is 11.4 Å². The van der Waals surface area contributed by atoms with Crippen LogP contribution in [0.4, 0.5) is 0 Å². The Morgan fingerprint density at radius 2 is 2.15 bits per heavy atom. The van der Waals surface area contributed by atoms with Crippen LogP contribution in [0.2, 0.25) is 0 Å². The Kier molecular flexibility index (Phi) is 4.69. The summed E-state index contributed by atoms with van der Waals surface area (Å²) in [5, 5.41) is 2.12. The van der Waals surface area contributed by atoms with E-state index in [2.05, 4.69) is 39.5 Å². The molecule has 0 unspecified atom stereocenters. The van der Waals surface area contributed by atoms with Crippen molar-refractivity contribution >= 4 is 17.2 Å². The minimum Gasteiger partial charge on any atom is -0.439 e. The second kappa shape index (κ2) is 7.27. The van der Waals surface area contributed by atoms with Gasteiger partial charge in [-0.15, -0.1) is 11.3 Å². The smallest absolute Gasteiger partial charge is 0.250 e. The summed E-state index contributed by atoms with van der Waals surface area (Å²) < 4.78 is 5.84. The number of carbonyl (C=O) groups is 1. The number of amides is 1. The summed E-state index contributed by atoms with van der Waals surface area (Å²) in [6.07, 6.45) is 2.48. The zero-order chi connectivity index (χ0) is 17.9. The SMILES string of the molecule is NC(=O)c1ccc(Oc2ccc3c(c2)CN(Cc2cccs2)CC3)nc1. The second-order valence-electron chi connectivity index (χ2n) is 6.32. The first kappa shape index (κ1) is 16.8. The first-order valence-electron chi connectivity index (χ1n) is 8.47. The zero-order valence-electron chi connectivity index (χ0n) is 14.2. The van der Waals surface area contributed by atoms with Crippen LogP contribution in [0.5, 0.6) is 11.6 Å². The van der Waals surface area contributed by atoms with E-state index < -0.39 is 5.91 Å². The third-order valence-electron chi connectivity index (χ3n) is 4.47. The predicted octanol–water partition coefficient (Wildman–Crippen LogP) is 3.59. The van der Waals surface area contributed by atoms with Gasteiger partial charge in [-0.05, 0) is 47.2 Å². The summed E-state index contributed by atoms with van der Waals surface area (Å²) in [4.78, 5) is 19.1. The number of hydrogen-bond donors (Lipinski definition) is 1. The van der Waals surface area contributed by atoms with Crippen LogP contribution < -0.4 is 10.5 Å². The Morgan fingerprint density at radius 1 is 1.23 bits per heavy atom. The Balaban J connectivity index is 1.47. The normalized spacial score (nSPS) is 14.0. The Bertz CT molecular complexity index is 907. The van der Waals surface area contributed by atoms with Crippen molar-refractivity contribution in [2.45, 2.75) is 19.5 Å². The third kappa shape index (κ3) is 3.76. The van der Waals surface area contributed by atoms with Crippen molar-refractivity contribution in [3.8, 4) is 11.6 Å². The highest BCUT2D eigenvalue weighted by Crippen LogP contribution is 2.27. The van der Waals surface area contributed by atoms with Crippen LogP contribution in [0, 0.1) is 0 Å². The van der Waals surface area contributed by atoms with E-state index in [0.717, 1.165) is 31.8 Å².